The van der Waals surface area contributed by atoms with Crippen LogP contribution in [0.5, 0.6) is 0 Å². The van der Waals surface area contributed by atoms with Crippen molar-refractivity contribution in [2.45, 2.75) is 6.92 Å². The van der Waals surface area contributed by atoms with Crippen molar-refractivity contribution < 1.29 is 9.18 Å². The van der Waals surface area contributed by atoms with Gasteiger partial charge >= 0.3 is 0 Å². The molecule has 0 heterocycles. The molecule has 0 saturated heterocycles. The third-order valence-corrected chi connectivity index (χ3v) is 3.91. The van der Waals surface area contributed by atoms with Crippen molar-refractivity contribution in [1.82, 2.24) is 0 Å². The highest BCUT2D eigenvalue weighted by molar-refractivity contribution is 14.1. The number of carbonyl (C=O) groups excluding carboxylic acids is 1. The van der Waals surface area contributed by atoms with Gasteiger partial charge in [0, 0.05) is 14.3 Å². The monoisotopic (exact) mass is 389 g/mol. The standard InChI is InChI=1S/C14H10ClFINO/c1-8-2-4-10(7-12(8)15)18-14(19)11-5-3-9(16)6-13(11)17/h2-7H,1H3,(H,18,19). The van der Waals surface area contributed by atoms with Crippen LogP contribution in [-0.2, 0) is 0 Å². The second kappa shape index (κ2) is 5.88. The molecule has 0 spiro atoms. The van der Waals surface area contributed by atoms with E-state index in [1.165, 1.54) is 18.2 Å². The van der Waals surface area contributed by atoms with Crippen LogP contribution in [0.2, 0.25) is 5.02 Å². The Morgan fingerprint density at radius 3 is 2.63 bits per heavy atom. The average molecular weight is 390 g/mol. The number of hydrogen-bond acceptors (Lipinski definition) is 1. The molecule has 5 heteroatoms. The van der Waals surface area contributed by atoms with E-state index in [-0.39, 0.29) is 11.7 Å². The molecule has 1 N–H and O–H groups in total. The van der Waals surface area contributed by atoms with E-state index < -0.39 is 0 Å². The Labute approximate surface area is 129 Å². The first-order chi connectivity index (χ1) is 8.97. The van der Waals surface area contributed by atoms with Crippen LogP contribution in [-0.4, -0.2) is 5.91 Å². The number of rotatable bonds is 2. The molecule has 0 radical (unpaired) electrons. The summed E-state index contributed by atoms with van der Waals surface area (Å²) in [5.74, 6) is -0.649. The summed E-state index contributed by atoms with van der Waals surface area (Å²) in [5, 5.41) is 3.33. The molecule has 0 saturated carbocycles. The molecule has 0 aromatic heterocycles. The number of halogens is 3. The topological polar surface area (TPSA) is 29.1 Å². The maximum Gasteiger partial charge on any atom is 0.256 e. The molecule has 2 rings (SSSR count). The lowest BCUT2D eigenvalue weighted by Crippen LogP contribution is -2.13. The van der Waals surface area contributed by atoms with Crippen LogP contribution in [0.4, 0.5) is 10.1 Å². The highest BCUT2D eigenvalue weighted by atomic mass is 127. The zero-order valence-electron chi connectivity index (χ0n) is 10.0. The molecule has 2 nitrogen and oxygen atoms in total. The molecule has 0 aliphatic carbocycles. The van der Waals surface area contributed by atoms with E-state index in [1.54, 1.807) is 12.1 Å². The third kappa shape index (κ3) is 3.45. The largest absolute Gasteiger partial charge is 0.322 e. The number of benzene rings is 2. The molecular formula is C14H10ClFINO. The van der Waals surface area contributed by atoms with Gasteiger partial charge in [-0.05, 0) is 65.4 Å². The Bertz CT molecular complexity index is 645. The predicted octanol–water partition coefficient (Wildman–Crippen LogP) is 4.64. The number of carbonyl (C=O) groups is 1. The fourth-order valence-corrected chi connectivity index (χ4v) is 2.45. The molecule has 2 aromatic carbocycles. The first-order valence-corrected chi connectivity index (χ1v) is 6.95. The predicted molar refractivity (Wildman–Crippen MR) is 83.3 cm³/mol. The van der Waals surface area contributed by atoms with E-state index in [0.717, 1.165) is 5.56 Å². The van der Waals surface area contributed by atoms with Gasteiger partial charge in [0.05, 0.1) is 5.56 Å². The SMILES string of the molecule is Cc1ccc(NC(=O)c2ccc(F)cc2I)cc1Cl. The van der Waals surface area contributed by atoms with Crippen LogP contribution in [0, 0.1) is 16.3 Å². The van der Waals surface area contributed by atoms with Crippen LogP contribution >= 0.6 is 34.2 Å². The van der Waals surface area contributed by atoms with Gasteiger partial charge in [-0.1, -0.05) is 17.7 Å². The van der Waals surface area contributed by atoms with Gasteiger partial charge in [0.2, 0.25) is 0 Å². The van der Waals surface area contributed by atoms with Crippen molar-refractivity contribution >= 4 is 45.8 Å². The summed E-state index contributed by atoms with van der Waals surface area (Å²) in [5.41, 5.74) is 1.98. The summed E-state index contributed by atoms with van der Waals surface area (Å²) in [7, 11) is 0. The molecule has 0 bridgehead atoms. The van der Waals surface area contributed by atoms with Crippen molar-refractivity contribution in [2.75, 3.05) is 5.32 Å². The zero-order chi connectivity index (χ0) is 14.0. The minimum Gasteiger partial charge on any atom is -0.322 e. The van der Waals surface area contributed by atoms with E-state index in [0.29, 0.717) is 19.8 Å². The first kappa shape index (κ1) is 14.3. The zero-order valence-corrected chi connectivity index (χ0v) is 12.9. The third-order valence-electron chi connectivity index (χ3n) is 2.61. The molecule has 1 amide bonds. The lowest BCUT2D eigenvalue weighted by atomic mass is 10.2. The lowest BCUT2D eigenvalue weighted by molar-refractivity contribution is 0.102. The summed E-state index contributed by atoms with van der Waals surface area (Å²) in [6.07, 6.45) is 0. The number of anilines is 1. The van der Waals surface area contributed by atoms with E-state index in [2.05, 4.69) is 5.32 Å². The lowest BCUT2D eigenvalue weighted by Gasteiger charge is -2.08. The number of aryl methyl sites for hydroxylation is 1. The Kier molecular flexibility index (Phi) is 4.42. The van der Waals surface area contributed by atoms with Gasteiger partial charge in [-0.2, -0.15) is 0 Å². The van der Waals surface area contributed by atoms with Gasteiger partial charge in [-0.15, -0.1) is 0 Å². The second-order valence-electron chi connectivity index (χ2n) is 4.04. The van der Waals surface area contributed by atoms with E-state index >= 15 is 0 Å². The van der Waals surface area contributed by atoms with Gasteiger partial charge in [0.15, 0.2) is 0 Å². The molecule has 0 atom stereocenters. The van der Waals surface area contributed by atoms with Crippen molar-refractivity contribution in [2.24, 2.45) is 0 Å². The van der Waals surface area contributed by atoms with E-state index in [1.807, 2.05) is 35.6 Å². The van der Waals surface area contributed by atoms with Crippen LogP contribution in [0.25, 0.3) is 0 Å². The van der Waals surface area contributed by atoms with Crippen LogP contribution < -0.4 is 5.32 Å². The van der Waals surface area contributed by atoms with E-state index in [4.69, 9.17) is 11.6 Å². The average Bonchev–Trinajstić information content (AvgIpc) is 2.33. The summed E-state index contributed by atoms with van der Waals surface area (Å²) in [4.78, 5) is 12.1. The van der Waals surface area contributed by atoms with Gasteiger partial charge in [0.25, 0.3) is 5.91 Å². The molecule has 0 aliphatic heterocycles. The van der Waals surface area contributed by atoms with Crippen molar-refractivity contribution in [3.05, 3.63) is 61.9 Å². The normalized spacial score (nSPS) is 10.3. The summed E-state index contributed by atoms with van der Waals surface area (Å²) in [6.45, 7) is 1.89. The molecule has 0 unspecified atom stereocenters. The Hall–Kier alpha value is -1.14. The summed E-state index contributed by atoms with van der Waals surface area (Å²) >= 11 is 7.92. The maximum atomic E-state index is 13.0. The second-order valence-corrected chi connectivity index (χ2v) is 5.61. The summed E-state index contributed by atoms with van der Waals surface area (Å²) in [6, 6.07) is 9.33. The quantitative estimate of drug-likeness (QED) is 0.745. The Balaban J connectivity index is 2.23. The highest BCUT2D eigenvalue weighted by Crippen LogP contribution is 2.21. The number of hydrogen-bond donors (Lipinski definition) is 1. The molecule has 0 fully saturated rings. The first-order valence-electron chi connectivity index (χ1n) is 5.50. The van der Waals surface area contributed by atoms with Crippen LogP contribution in [0.15, 0.2) is 36.4 Å². The highest BCUT2D eigenvalue weighted by Gasteiger charge is 2.11. The molecule has 0 aliphatic rings. The summed E-state index contributed by atoms with van der Waals surface area (Å²) < 4.78 is 13.5. The van der Waals surface area contributed by atoms with Gasteiger partial charge in [-0.25, -0.2) is 4.39 Å². The molecule has 98 valence electrons. The minimum absolute atomic E-state index is 0.288. The van der Waals surface area contributed by atoms with Gasteiger partial charge in [0.1, 0.15) is 5.82 Å². The fraction of sp³-hybridized carbons (Fsp3) is 0.0714. The smallest absolute Gasteiger partial charge is 0.256 e. The molecular weight excluding hydrogens is 380 g/mol. The van der Waals surface area contributed by atoms with Gasteiger partial charge in [-0.3, -0.25) is 4.79 Å². The Morgan fingerprint density at radius 2 is 2.00 bits per heavy atom. The minimum atomic E-state index is -0.362. The number of amides is 1. The molecule has 19 heavy (non-hydrogen) atoms. The Morgan fingerprint density at radius 1 is 1.26 bits per heavy atom. The van der Waals surface area contributed by atoms with Crippen molar-refractivity contribution in [3.8, 4) is 0 Å². The van der Waals surface area contributed by atoms with E-state index in [9.17, 15) is 9.18 Å². The maximum absolute atomic E-state index is 13.0. The number of nitrogens with one attached hydrogen (secondary N) is 1. The van der Waals surface area contributed by atoms with Gasteiger partial charge < -0.3 is 5.32 Å². The van der Waals surface area contributed by atoms with Crippen molar-refractivity contribution in [3.63, 3.8) is 0 Å². The van der Waals surface area contributed by atoms with Crippen molar-refractivity contribution in [1.29, 1.82) is 0 Å². The van der Waals surface area contributed by atoms with Crippen LogP contribution in [0.1, 0.15) is 15.9 Å². The fourth-order valence-electron chi connectivity index (χ4n) is 1.54. The van der Waals surface area contributed by atoms with Crippen LogP contribution in [0.3, 0.4) is 0 Å². The molecule has 2 aromatic rings.